The molecule has 0 unspecified atom stereocenters. The van der Waals surface area contributed by atoms with Crippen molar-refractivity contribution in [2.45, 2.75) is 19.6 Å². The van der Waals surface area contributed by atoms with Gasteiger partial charge in [0, 0.05) is 33.8 Å². The summed E-state index contributed by atoms with van der Waals surface area (Å²) in [7, 11) is 3.26. The minimum absolute atomic E-state index is 0.198. The van der Waals surface area contributed by atoms with Crippen LogP contribution in [0.2, 0.25) is 0 Å². The third kappa shape index (κ3) is 13.5. The smallest absolute Gasteiger partial charge is 0.255 e. The first-order chi connectivity index (χ1) is 42.5. The second-order valence-electron chi connectivity index (χ2n) is 20.2. The van der Waals surface area contributed by atoms with Gasteiger partial charge >= 0.3 is 0 Å². The Hall–Kier alpha value is -11.9. The van der Waals surface area contributed by atoms with E-state index in [0.717, 1.165) is 60.8 Å². The number of nitrogens with two attached hydrogens (primary N) is 3. The lowest BCUT2D eigenvalue weighted by molar-refractivity contribution is 0.101. The van der Waals surface area contributed by atoms with Gasteiger partial charge in [-0.05, 0) is 138 Å². The van der Waals surface area contributed by atoms with Crippen LogP contribution in [0.5, 0.6) is 11.8 Å². The molecule has 0 bridgehead atoms. The first kappa shape index (κ1) is 56.9. The standard InChI is InChI=1S/C25H20N4O2.2C22H20N4O2/c26-21-12-11-19(24-6-3-13-31-24)14-23(21)27-25(30)18-9-7-17(8-10-18)15-29-16-20-4-1-2-5-22(20)28-29;1-28-22-17-6-2-5-9-20(17)26(25-22)14-15-10-12-16(13-11-15)21(27)24-19-8-4-3-7-18(19)23;1-28-22-17-6-2-4-8-19(17)25-26(22)14-15-10-12-16(13-11-15)21(27)24-20-9-5-3-7-18(20)23/h1-14,16H,15,26H2,(H,27,30);2*2-13H,14,23H2,1H3,(H,24,27). The lowest BCUT2D eigenvalue weighted by Crippen LogP contribution is -2.13. The van der Waals surface area contributed by atoms with E-state index in [-0.39, 0.29) is 17.7 Å². The molecule has 0 atom stereocenters. The number of furan rings is 1. The molecule has 4 heterocycles. The first-order valence-corrected chi connectivity index (χ1v) is 27.7. The number of carbonyl (C=O) groups excluding carboxylic acids is 3. The van der Waals surface area contributed by atoms with Crippen LogP contribution in [-0.2, 0) is 19.6 Å². The monoisotopic (exact) mass is 1150 g/mol. The molecule has 18 heteroatoms. The summed E-state index contributed by atoms with van der Waals surface area (Å²) in [5.41, 5.74) is 29.6. The number of benzene rings is 9. The normalized spacial score (nSPS) is 10.8. The van der Waals surface area contributed by atoms with Gasteiger partial charge in [0.1, 0.15) is 5.76 Å². The van der Waals surface area contributed by atoms with Crippen LogP contribution in [0.4, 0.5) is 34.1 Å². The zero-order valence-corrected chi connectivity index (χ0v) is 47.5. The second kappa shape index (κ2) is 26.1. The van der Waals surface area contributed by atoms with Gasteiger partial charge in [0.25, 0.3) is 17.7 Å². The molecule has 0 saturated heterocycles. The number of methoxy groups -OCH3 is 2. The van der Waals surface area contributed by atoms with E-state index in [4.69, 9.17) is 31.1 Å². The molecular weight excluding hydrogens is 1090 g/mol. The molecule has 9 N–H and O–H groups in total. The van der Waals surface area contributed by atoms with E-state index in [1.807, 2.05) is 178 Å². The summed E-state index contributed by atoms with van der Waals surface area (Å²) in [6, 6.07) is 69.6. The van der Waals surface area contributed by atoms with Crippen molar-refractivity contribution in [2.75, 3.05) is 47.4 Å². The SMILES string of the molecule is COc1c2ccccc2nn1Cc1ccc(C(=O)Nc2ccccc2N)cc1.COc1nn(Cc2ccc(C(=O)Nc3ccccc3N)cc2)c2ccccc12.Nc1ccc(-c2ccco2)cc1NC(=O)c1ccc(Cn2cc3ccccc3n2)cc1. The lowest BCUT2D eigenvalue weighted by Gasteiger charge is -2.10. The topological polar surface area (TPSA) is 250 Å². The molecule has 0 aliphatic heterocycles. The van der Waals surface area contributed by atoms with Gasteiger partial charge in [-0.15, -0.1) is 5.10 Å². The fourth-order valence-electron chi connectivity index (χ4n) is 9.73. The summed E-state index contributed by atoms with van der Waals surface area (Å²) < 4.78 is 22.0. The molecule has 0 radical (unpaired) electrons. The molecule has 13 rings (SSSR count). The van der Waals surface area contributed by atoms with Crippen LogP contribution in [-0.4, -0.2) is 61.3 Å². The molecule has 4 aromatic heterocycles. The fourth-order valence-corrected chi connectivity index (χ4v) is 9.73. The number of rotatable bonds is 15. The maximum Gasteiger partial charge on any atom is 0.255 e. The highest BCUT2D eigenvalue weighted by Crippen LogP contribution is 2.30. The van der Waals surface area contributed by atoms with E-state index in [1.165, 1.54) is 0 Å². The van der Waals surface area contributed by atoms with Gasteiger partial charge in [-0.25, -0.2) is 4.68 Å². The highest BCUT2D eigenvalue weighted by Gasteiger charge is 2.16. The number of ether oxygens (including phenoxy) is 2. The van der Waals surface area contributed by atoms with Crippen LogP contribution in [0.1, 0.15) is 47.8 Å². The zero-order chi connectivity index (χ0) is 60.2. The number of hydrogen-bond acceptors (Lipinski definition) is 12. The van der Waals surface area contributed by atoms with E-state index in [1.54, 1.807) is 87.2 Å². The molecule has 0 spiro atoms. The summed E-state index contributed by atoms with van der Waals surface area (Å²) in [5, 5.41) is 25.3. The number of nitrogens with zero attached hydrogens (tertiary/aromatic N) is 6. The summed E-state index contributed by atoms with van der Waals surface area (Å²) in [6.07, 6.45) is 3.63. The Morgan fingerprint density at radius 1 is 0.460 bits per heavy atom. The van der Waals surface area contributed by atoms with Gasteiger partial charge in [-0.2, -0.15) is 10.2 Å². The number of aromatic nitrogens is 6. The van der Waals surface area contributed by atoms with Crippen LogP contribution in [0, 0.1) is 0 Å². The first-order valence-electron chi connectivity index (χ1n) is 27.7. The van der Waals surface area contributed by atoms with Crippen LogP contribution in [0.15, 0.2) is 241 Å². The number of nitrogens with one attached hydrogen (secondary N) is 3. The van der Waals surface area contributed by atoms with Crippen molar-refractivity contribution < 1.29 is 28.3 Å². The van der Waals surface area contributed by atoms with Gasteiger partial charge in [0.2, 0.25) is 11.8 Å². The molecule has 0 aliphatic carbocycles. The van der Waals surface area contributed by atoms with Gasteiger partial charge in [0.05, 0.1) is 102 Å². The molecule has 432 valence electrons. The Labute approximate surface area is 500 Å². The van der Waals surface area contributed by atoms with Crippen LogP contribution in [0.3, 0.4) is 0 Å². The highest BCUT2D eigenvalue weighted by atomic mass is 16.5. The Kier molecular flexibility index (Phi) is 17.1. The molecular formula is C69H60N12O6. The largest absolute Gasteiger partial charge is 0.481 e. The maximum atomic E-state index is 12.7. The van der Waals surface area contributed by atoms with Crippen molar-refractivity contribution in [3.63, 3.8) is 0 Å². The minimum Gasteiger partial charge on any atom is -0.481 e. The van der Waals surface area contributed by atoms with Crippen molar-refractivity contribution in [2.24, 2.45) is 0 Å². The average Bonchev–Trinajstić information content (AvgIpc) is 2.46. The second-order valence-corrected chi connectivity index (χ2v) is 20.2. The Balaban J connectivity index is 0.000000135. The van der Waals surface area contributed by atoms with E-state index >= 15 is 0 Å². The Bertz CT molecular complexity index is 4500. The third-order valence-electron chi connectivity index (χ3n) is 14.3. The third-order valence-corrected chi connectivity index (χ3v) is 14.3. The number of carbonyl (C=O) groups is 3. The van der Waals surface area contributed by atoms with Crippen molar-refractivity contribution in [3.05, 3.63) is 270 Å². The number of hydrogen-bond donors (Lipinski definition) is 6. The predicted octanol–water partition coefficient (Wildman–Crippen LogP) is 13.0. The van der Waals surface area contributed by atoms with Gasteiger partial charge in [-0.3, -0.25) is 23.7 Å². The van der Waals surface area contributed by atoms with Crippen molar-refractivity contribution >= 4 is 84.6 Å². The molecule has 0 aliphatic rings. The number of amides is 3. The number of fused-ring (bicyclic) bond motifs is 3. The molecule has 0 fully saturated rings. The van der Waals surface area contributed by atoms with Gasteiger partial charge in [-0.1, -0.05) is 103 Å². The van der Waals surface area contributed by atoms with E-state index < -0.39 is 0 Å². The number of anilines is 6. The molecule has 18 nitrogen and oxygen atoms in total. The highest BCUT2D eigenvalue weighted by molar-refractivity contribution is 6.07. The van der Waals surface area contributed by atoms with E-state index in [9.17, 15) is 14.4 Å². The maximum absolute atomic E-state index is 12.7. The molecule has 87 heavy (non-hydrogen) atoms. The van der Waals surface area contributed by atoms with Gasteiger partial charge in [0.15, 0.2) is 0 Å². The van der Waals surface area contributed by atoms with Crippen molar-refractivity contribution in [1.82, 2.24) is 29.3 Å². The summed E-state index contributed by atoms with van der Waals surface area (Å²) >= 11 is 0. The predicted molar refractivity (Wildman–Crippen MR) is 343 cm³/mol. The van der Waals surface area contributed by atoms with Crippen molar-refractivity contribution in [3.8, 4) is 23.1 Å². The van der Waals surface area contributed by atoms with Crippen LogP contribution < -0.4 is 42.6 Å². The Morgan fingerprint density at radius 3 is 1.53 bits per heavy atom. The molecule has 13 aromatic rings. The Morgan fingerprint density at radius 2 is 0.966 bits per heavy atom. The lowest BCUT2D eigenvalue weighted by atomic mass is 10.1. The number of nitrogen functional groups attached to an aromatic ring is 3. The fraction of sp³-hybridized carbons (Fsp3) is 0.0725. The van der Waals surface area contributed by atoms with E-state index in [2.05, 4.69) is 31.2 Å². The number of para-hydroxylation sites is 5. The summed E-state index contributed by atoms with van der Waals surface area (Å²) in [4.78, 5) is 37.6. The molecule has 9 aromatic carbocycles. The average molecular weight is 1150 g/mol. The van der Waals surface area contributed by atoms with Crippen molar-refractivity contribution in [1.29, 1.82) is 0 Å². The zero-order valence-electron chi connectivity index (χ0n) is 47.5. The molecule has 3 amide bonds. The molecule has 0 saturated carbocycles. The van der Waals surface area contributed by atoms with E-state index in [0.29, 0.717) is 82.1 Å². The minimum atomic E-state index is -0.223. The van der Waals surface area contributed by atoms with Crippen LogP contribution in [0.25, 0.3) is 44.0 Å². The summed E-state index contributed by atoms with van der Waals surface area (Å²) in [6.45, 7) is 1.76. The van der Waals surface area contributed by atoms with Gasteiger partial charge < -0.3 is 47.0 Å². The quantitative estimate of drug-likeness (QED) is 0.0525. The van der Waals surface area contributed by atoms with Crippen LogP contribution >= 0.6 is 0 Å². The summed E-state index contributed by atoms with van der Waals surface area (Å²) in [5.74, 6) is 1.41.